The van der Waals surface area contributed by atoms with E-state index < -0.39 is 0 Å². The quantitative estimate of drug-likeness (QED) is 0.700. The molecule has 0 amide bonds. The molecule has 0 aliphatic carbocycles. The Morgan fingerprint density at radius 2 is 1.56 bits per heavy atom. The van der Waals surface area contributed by atoms with Crippen LogP contribution in [0.1, 0.15) is 0 Å². The summed E-state index contributed by atoms with van der Waals surface area (Å²) in [4.78, 5) is 4.45. The number of hydrogen-bond donors (Lipinski definition) is 1. The Morgan fingerprint density at radius 1 is 0.938 bits per heavy atom. The number of nitrogens with zero attached hydrogens (tertiary/aromatic N) is 2. The molecule has 1 aromatic rings. The number of para-hydroxylation sites is 1. The van der Waals surface area contributed by atoms with Crippen molar-refractivity contribution in [1.29, 1.82) is 0 Å². The van der Waals surface area contributed by atoms with Gasteiger partial charge < -0.3 is 15.1 Å². The van der Waals surface area contributed by atoms with E-state index >= 15 is 0 Å². The van der Waals surface area contributed by atoms with Crippen LogP contribution in [0.4, 0.5) is 5.69 Å². The molecule has 0 radical (unpaired) electrons. The fourth-order valence-corrected chi connectivity index (χ4v) is 1.49. The Balaban J connectivity index is 2.14. The molecule has 0 heterocycles. The summed E-state index contributed by atoms with van der Waals surface area (Å²) in [5.74, 6) is 0. The lowest BCUT2D eigenvalue weighted by molar-refractivity contribution is 0.401. The van der Waals surface area contributed by atoms with Gasteiger partial charge in [0.15, 0.2) is 0 Å². The first-order chi connectivity index (χ1) is 7.70. The molecule has 3 nitrogen and oxygen atoms in total. The molecule has 90 valence electrons. The lowest BCUT2D eigenvalue weighted by Gasteiger charge is -2.19. The fraction of sp³-hybridized carbons (Fsp3) is 0.538. The summed E-state index contributed by atoms with van der Waals surface area (Å²) in [7, 11) is 6.32. The summed E-state index contributed by atoms with van der Waals surface area (Å²) in [6.07, 6.45) is 0. The van der Waals surface area contributed by atoms with Gasteiger partial charge in [0.1, 0.15) is 0 Å². The highest BCUT2D eigenvalue weighted by molar-refractivity contribution is 5.44. The molecule has 0 saturated carbocycles. The van der Waals surface area contributed by atoms with Gasteiger partial charge in [-0.05, 0) is 26.2 Å². The Kier molecular flexibility index (Phi) is 5.90. The SMILES string of the molecule is CN(C)CCNCCN(C)c1ccccc1. The van der Waals surface area contributed by atoms with Crippen molar-refractivity contribution in [1.82, 2.24) is 10.2 Å². The Labute approximate surface area is 99.1 Å². The van der Waals surface area contributed by atoms with Crippen LogP contribution < -0.4 is 10.2 Å². The molecule has 3 heteroatoms. The Bertz CT molecular complexity index is 272. The van der Waals surface area contributed by atoms with E-state index in [2.05, 4.69) is 60.5 Å². The zero-order valence-electron chi connectivity index (χ0n) is 10.6. The lowest BCUT2D eigenvalue weighted by Crippen LogP contribution is -2.33. The molecule has 0 aliphatic heterocycles. The van der Waals surface area contributed by atoms with Gasteiger partial charge in [-0.2, -0.15) is 0 Å². The maximum Gasteiger partial charge on any atom is 0.0364 e. The van der Waals surface area contributed by atoms with Gasteiger partial charge >= 0.3 is 0 Å². The summed E-state index contributed by atoms with van der Waals surface area (Å²) in [6.45, 7) is 4.21. The first-order valence-corrected chi connectivity index (χ1v) is 5.82. The molecule has 0 aromatic heterocycles. The van der Waals surface area contributed by atoms with E-state index in [1.165, 1.54) is 5.69 Å². The molecule has 16 heavy (non-hydrogen) atoms. The first kappa shape index (κ1) is 13.0. The van der Waals surface area contributed by atoms with Crippen molar-refractivity contribution in [3.63, 3.8) is 0 Å². The molecule has 0 saturated heterocycles. The van der Waals surface area contributed by atoms with E-state index in [0.717, 1.165) is 26.2 Å². The standard InChI is InChI=1S/C13H23N3/c1-15(2)11-9-14-10-12-16(3)13-7-5-4-6-8-13/h4-8,14H,9-12H2,1-3H3. The zero-order chi connectivity index (χ0) is 11.8. The van der Waals surface area contributed by atoms with Crippen molar-refractivity contribution in [2.75, 3.05) is 52.2 Å². The Hall–Kier alpha value is -1.06. The molecule has 1 rings (SSSR count). The summed E-state index contributed by atoms with van der Waals surface area (Å²) in [6, 6.07) is 10.5. The molecular weight excluding hydrogens is 198 g/mol. The number of hydrogen-bond acceptors (Lipinski definition) is 3. The zero-order valence-corrected chi connectivity index (χ0v) is 10.6. The van der Waals surface area contributed by atoms with E-state index in [-0.39, 0.29) is 0 Å². The van der Waals surface area contributed by atoms with Gasteiger partial charge in [0.2, 0.25) is 0 Å². The lowest BCUT2D eigenvalue weighted by atomic mass is 10.3. The molecule has 0 bridgehead atoms. The molecule has 0 aliphatic rings. The molecule has 1 N–H and O–H groups in total. The van der Waals surface area contributed by atoms with Crippen molar-refractivity contribution < 1.29 is 0 Å². The minimum absolute atomic E-state index is 1.03. The molecular formula is C13H23N3. The third-order valence-electron chi connectivity index (χ3n) is 2.56. The average Bonchev–Trinajstić information content (AvgIpc) is 2.29. The largest absolute Gasteiger partial charge is 0.373 e. The van der Waals surface area contributed by atoms with Gasteiger partial charge in [-0.15, -0.1) is 0 Å². The van der Waals surface area contributed by atoms with Crippen LogP contribution >= 0.6 is 0 Å². The van der Waals surface area contributed by atoms with Gasteiger partial charge in [-0.25, -0.2) is 0 Å². The van der Waals surface area contributed by atoms with Gasteiger partial charge in [0, 0.05) is 38.9 Å². The number of likely N-dealkylation sites (N-methyl/N-ethyl adjacent to an activating group) is 2. The van der Waals surface area contributed by atoms with Crippen LogP contribution in [0.25, 0.3) is 0 Å². The topological polar surface area (TPSA) is 18.5 Å². The highest BCUT2D eigenvalue weighted by Gasteiger charge is 1.98. The van der Waals surface area contributed by atoms with Crippen molar-refractivity contribution >= 4 is 5.69 Å². The van der Waals surface area contributed by atoms with Gasteiger partial charge in [-0.3, -0.25) is 0 Å². The second kappa shape index (κ2) is 7.25. The maximum absolute atomic E-state index is 3.43. The summed E-state index contributed by atoms with van der Waals surface area (Å²) in [5.41, 5.74) is 1.27. The van der Waals surface area contributed by atoms with Crippen molar-refractivity contribution in [3.8, 4) is 0 Å². The highest BCUT2D eigenvalue weighted by Crippen LogP contribution is 2.09. The van der Waals surface area contributed by atoms with Crippen LogP contribution in [0.5, 0.6) is 0 Å². The van der Waals surface area contributed by atoms with Gasteiger partial charge in [0.05, 0.1) is 0 Å². The molecule has 0 atom stereocenters. The predicted octanol–water partition coefficient (Wildman–Crippen LogP) is 1.27. The highest BCUT2D eigenvalue weighted by atomic mass is 15.1. The van der Waals surface area contributed by atoms with Gasteiger partial charge in [0.25, 0.3) is 0 Å². The summed E-state index contributed by atoms with van der Waals surface area (Å²) in [5, 5.41) is 3.43. The number of rotatable bonds is 7. The van der Waals surface area contributed by atoms with E-state index in [1.54, 1.807) is 0 Å². The first-order valence-electron chi connectivity index (χ1n) is 5.82. The van der Waals surface area contributed by atoms with E-state index in [1.807, 2.05) is 6.07 Å². The molecule has 0 spiro atoms. The van der Waals surface area contributed by atoms with Crippen LogP contribution in [0.15, 0.2) is 30.3 Å². The number of anilines is 1. The molecule has 1 aromatic carbocycles. The van der Waals surface area contributed by atoms with Crippen LogP contribution in [0, 0.1) is 0 Å². The van der Waals surface area contributed by atoms with Crippen molar-refractivity contribution in [2.24, 2.45) is 0 Å². The Morgan fingerprint density at radius 3 is 2.19 bits per heavy atom. The van der Waals surface area contributed by atoms with Crippen molar-refractivity contribution in [3.05, 3.63) is 30.3 Å². The smallest absolute Gasteiger partial charge is 0.0364 e. The minimum atomic E-state index is 1.03. The summed E-state index contributed by atoms with van der Waals surface area (Å²) < 4.78 is 0. The van der Waals surface area contributed by atoms with E-state index in [4.69, 9.17) is 0 Å². The van der Waals surface area contributed by atoms with E-state index in [0.29, 0.717) is 0 Å². The van der Waals surface area contributed by atoms with Crippen LogP contribution in [0.2, 0.25) is 0 Å². The molecule has 0 unspecified atom stereocenters. The van der Waals surface area contributed by atoms with E-state index in [9.17, 15) is 0 Å². The normalized spacial score (nSPS) is 10.8. The summed E-state index contributed by atoms with van der Waals surface area (Å²) >= 11 is 0. The third-order valence-corrected chi connectivity index (χ3v) is 2.56. The van der Waals surface area contributed by atoms with Crippen LogP contribution in [-0.2, 0) is 0 Å². The number of nitrogens with one attached hydrogen (secondary N) is 1. The van der Waals surface area contributed by atoms with Crippen LogP contribution in [-0.4, -0.2) is 52.2 Å². The van der Waals surface area contributed by atoms with Crippen molar-refractivity contribution in [2.45, 2.75) is 0 Å². The van der Waals surface area contributed by atoms with Gasteiger partial charge in [-0.1, -0.05) is 18.2 Å². The molecule has 0 fully saturated rings. The second-order valence-electron chi connectivity index (χ2n) is 4.31. The minimum Gasteiger partial charge on any atom is -0.373 e. The van der Waals surface area contributed by atoms with Crippen LogP contribution in [0.3, 0.4) is 0 Å². The predicted molar refractivity (Wildman–Crippen MR) is 71.1 cm³/mol. The second-order valence-corrected chi connectivity index (χ2v) is 4.31. The third kappa shape index (κ3) is 5.14. The average molecular weight is 221 g/mol. The monoisotopic (exact) mass is 221 g/mol. The fourth-order valence-electron chi connectivity index (χ4n) is 1.49. The number of benzene rings is 1. The maximum atomic E-state index is 3.43.